The number of esters is 1. The van der Waals surface area contributed by atoms with E-state index in [9.17, 15) is 18.0 Å². The number of carbonyl (C=O) groups is 2. The average molecular weight is 371 g/mol. The second-order valence-corrected chi connectivity index (χ2v) is 9.40. The van der Waals surface area contributed by atoms with Crippen LogP contribution in [0.5, 0.6) is 0 Å². The second-order valence-electron chi connectivity index (χ2n) is 5.76. The molecule has 0 spiro atoms. The third-order valence-corrected chi connectivity index (χ3v) is 6.49. The molecule has 1 aliphatic heterocycles. The summed E-state index contributed by atoms with van der Waals surface area (Å²) >= 11 is 1.35. The Morgan fingerprint density at radius 2 is 1.92 bits per heavy atom. The lowest BCUT2D eigenvalue weighted by Gasteiger charge is -2.18. The molecule has 0 unspecified atom stereocenters. The minimum absolute atomic E-state index is 0.0559. The number of hydrogen-bond donors (Lipinski definition) is 1. The molecule has 1 amide bonds. The second kappa shape index (κ2) is 8.02. The van der Waals surface area contributed by atoms with Crippen LogP contribution in [-0.2, 0) is 24.2 Å². The van der Waals surface area contributed by atoms with Crippen molar-refractivity contribution in [1.82, 2.24) is 5.32 Å². The summed E-state index contributed by atoms with van der Waals surface area (Å²) in [6.07, 6.45) is -0.561. The number of nitrogens with one attached hydrogen (secondary N) is 1. The van der Waals surface area contributed by atoms with Gasteiger partial charge >= 0.3 is 5.97 Å². The lowest BCUT2D eigenvalue weighted by atomic mass is 10.2. The van der Waals surface area contributed by atoms with Crippen LogP contribution in [0.3, 0.4) is 0 Å². The number of sulfone groups is 1. The highest BCUT2D eigenvalue weighted by Gasteiger charge is 2.31. The Labute approximate surface area is 146 Å². The number of amides is 1. The molecule has 0 saturated carbocycles. The molecule has 1 aromatic carbocycles. The molecule has 24 heavy (non-hydrogen) atoms. The first-order valence-electron chi connectivity index (χ1n) is 7.70. The highest BCUT2D eigenvalue weighted by molar-refractivity contribution is 8.00. The molecule has 1 aromatic rings. The van der Waals surface area contributed by atoms with Crippen LogP contribution in [0.15, 0.2) is 35.2 Å². The quantitative estimate of drug-likeness (QED) is 0.601. The van der Waals surface area contributed by atoms with Gasteiger partial charge in [-0.25, -0.2) is 8.42 Å². The van der Waals surface area contributed by atoms with Crippen molar-refractivity contribution in [3.8, 4) is 0 Å². The van der Waals surface area contributed by atoms with Crippen LogP contribution >= 0.6 is 11.8 Å². The normalized spacial score (nSPS) is 21.7. The molecule has 1 fully saturated rings. The SMILES string of the molecule is C[C@@H](OC(=O)[C@@H](C)Sc1ccccc1)C(=O)N[C@@H]1CCS(=O)(=O)C1. The Bertz CT molecular complexity index is 690. The van der Waals surface area contributed by atoms with Crippen LogP contribution < -0.4 is 5.32 Å². The predicted molar refractivity (Wildman–Crippen MR) is 92.5 cm³/mol. The van der Waals surface area contributed by atoms with Crippen LogP contribution in [0.4, 0.5) is 0 Å². The summed E-state index contributed by atoms with van der Waals surface area (Å²) in [5.41, 5.74) is 0. The largest absolute Gasteiger partial charge is 0.452 e. The fourth-order valence-electron chi connectivity index (χ4n) is 2.30. The van der Waals surface area contributed by atoms with Gasteiger partial charge in [-0.3, -0.25) is 9.59 Å². The van der Waals surface area contributed by atoms with Gasteiger partial charge in [-0.05, 0) is 32.4 Å². The summed E-state index contributed by atoms with van der Waals surface area (Å²) in [6.45, 7) is 3.20. The number of thioether (sulfide) groups is 1. The zero-order valence-corrected chi connectivity index (χ0v) is 15.2. The van der Waals surface area contributed by atoms with Gasteiger partial charge in [0.2, 0.25) is 0 Å². The maximum atomic E-state index is 12.1. The van der Waals surface area contributed by atoms with E-state index in [0.717, 1.165) is 4.90 Å². The van der Waals surface area contributed by atoms with E-state index in [2.05, 4.69) is 5.32 Å². The molecule has 2 rings (SSSR count). The zero-order valence-electron chi connectivity index (χ0n) is 13.6. The predicted octanol–water partition coefficient (Wildman–Crippen LogP) is 1.40. The molecule has 1 saturated heterocycles. The molecular formula is C16H21NO5S2. The molecule has 0 radical (unpaired) electrons. The Balaban J connectivity index is 1.81. The Morgan fingerprint density at radius 1 is 1.25 bits per heavy atom. The molecule has 1 aliphatic rings. The summed E-state index contributed by atoms with van der Waals surface area (Å²) < 4.78 is 28.0. The molecule has 6 nitrogen and oxygen atoms in total. The molecule has 0 bridgehead atoms. The van der Waals surface area contributed by atoms with E-state index in [1.165, 1.54) is 18.7 Å². The lowest BCUT2D eigenvalue weighted by molar-refractivity contribution is -0.154. The van der Waals surface area contributed by atoms with Gasteiger partial charge in [0.1, 0.15) is 5.25 Å². The van der Waals surface area contributed by atoms with Crippen molar-refractivity contribution >= 4 is 33.5 Å². The first-order valence-corrected chi connectivity index (χ1v) is 10.4. The number of hydrogen-bond acceptors (Lipinski definition) is 6. The van der Waals surface area contributed by atoms with Crippen LogP contribution in [0.25, 0.3) is 0 Å². The van der Waals surface area contributed by atoms with Gasteiger partial charge in [-0.15, -0.1) is 11.8 Å². The number of ether oxygens (including phenoxy) is 1. The van der Waals surface area contributed by atoms with Crippen molar-refractivity contribution in [3.63, 3.8) is 0 Å². The van der Waals surface area contributed by atoms with Gasteiger partial charge in [-0.2, -0.15) is 0 Å². The van der Waals surface area contributed by atoms with E-state index in [1.807, 2.05) is 30.3 Å². The summed E-state index contributed by atoms with van der Waals surface area (Å²) in [7, 11) is -3.06. The van der Waals surface area contributed by atoms with Gasteiger partial charge in [-0.1, -0.05) is 18.2 Å². The molecule has 1 heterocycles. The van der Waals surface area contributed by atoms with Gasteiger partial charge < -0.3 is 10.1 Å². The van der Waals surface area contributed by atoms with Crippen molar-refractivity contribution < 1.29 is 22.7 Å². The summed E-state index contributed by atoms with van der Waals surface area (Å²) in [5, 5.41) is 2.18. The Hall–Kier alpha value is -1.54. The lowest BCUT2D eigenvalue weighted by Crippen LogP contribution is -2.43. The highest BCUT2D eigenvalue weighted by Crippen LogP contribution is 2.23. The van der Waals surface area contributed by atoms with Crippen LogP contribution in [0.2, 0.25) is 0 Å². The minimum Gasteiger partial charge on any atom is -0.452 e. The fourth-order valence-corrected chi connectivity index (χ4v) is 4.85. The number of benzene rings is 1. The molecule has 0 aliphatic carbocycles. The maximum Gasteiger partial charge on any atom is 0.319 e. The van der Waals surface area contributed by atoms with Gasteiger partial charge in [0.25, 0.3) is 5.91 Å². The highest BCUT2D eigenvalue weighted by atomic mass is 32.2. The average Bonchev–Trinajstić information content (AvgIpc) is 2.86. The van der Waals surface area contributed by atoms with Gasteiger partial charge in [0.05, 0.1) is 11.5 Å². The van der Waals surface area contributed by atoms with Crippen molar-refractivity contribution in [1.29, 1.82) is 0 Å². The molecule has 1 N–H and O–H groups in total. The summed E-state index contributed by atoms with van der Waals surface area (Å²) in [5.74, 6) is -0.927. The number of rotatable bonds is 6. The van der Waals surface area contributed by atoms with Crippen molar-refractivity contribution in [3.05, 3.63) is 30.3 Å². The van der Waals surface area contributed by atoms with Crippen LogP contribution in [0, 0.1) is 0 Å². The van der Waals surface area contributed by atoms with Crippen LogP contribution in [-0.4, -0.2) is 49.2 Å². The molecular weight excluding hydrogens is 350 g/mol. The summed E-state index contributed by atoms with van der Waals surface area (Å²) in [6, 6.07) is 9.04. The van der Waals surface area contributed by atoms with Crippen molar-refractivity contribution in [2.45, 2.75) is 42.6 Å². The summed E-state index contributed by atoms with van der Waals surface area (Å²) in [4.78, 5) is 25.1. The first kappa shape index (κ1) is 18.8. The molecule has 3 atom stereocenters. The third-order valence-electron chi connectivity index (χ3n) is 3.63. The van der Waals surface area contributed by atoms with E-state index in [4.69, 9.17) is 4.74 Å². The van der Waals surface area contributed by atoms with Gasteiger partial charge in [0.15, 0.2) is 15.9 Å². The topological polar surface area (TPSA) is 89.5 Å². The zero-order chi connectivity index (χ0) is 17.7. The van der Waals surface area contributed by atoms with E-state index in [-0.39, 0.29) is 11.5 Å². The molecule has 8 heteroatoms. The van der Waals surface area contributed by atoms with E-state index >= 15 is 0 Å². The Kier molecular flexibility index (Phi) is 6.28. The van der Waals surface area contributed by atoms with Crippen molar-refractivity contribution in [2.75, 3.05) is 11.5 Å². The Morgan fingerprint density at radius 3 is 2.50 bits per heavy atom. The smallest absolute Gasteiger partial charge is 0.319 e. The fraction of sp³-hybridized carbons (Fsp3) is 0.500. The molecule has 0 aromatic heterocycles. The standard InChI is InChI=1S/C16H21NO5S2/c1-11(15(18)17-13-8-9-24(20,21)10-13)22-16(19)12(2)23-14-6-4-3-5-7-14/h3-7,11-13H,8-10H2,1-2H3,(H,17,18)/t11-,12-,13-/m1/s1. The monoisotopic (exact) mass is 371 g/mol. The maximum absolute atomic E-state index is 12.1. The first-order chi connectivity index (χ1) is 11.3. The van der Waals surface area contributed by atoms with Gasteiger partial charge in [0, 0.05) is 10.9 Å². The number of carbonyl (C=O) groups excluding carboxylic acids is 2. The van der Waals surface area contributed by atoms with E-state index in [1.54, 1.807) is 6.92 Å². The van der Waals surface area contributed by atoms with Crippen LogP contribution in [0.1, 0.15) is 20.3 Å². The molecule has 132 valence electrons. The minimum atomic E-state index is -3.06. The third kappa shape index (κ3) is 5.52. The van der Waals surface area contributed by atoms with E-state index < -0.39 is 39.1 Å². The van der Waals surface area contributed by atoms with E-state index in [0.29, 0.717) is 6.42 Å². The van der Waals surface area contributed by atoms with Crippen molar-refractivity contribution in [2.24, 2.45) is 0 Å².